The molecule has 0 aliphatic rings. The van der Waals surface area contributed by atoms with E-state index in [1.165, 1.54) is 43.8 Å². The van der Waals surface area contributed by atoms with E-state index in [0.29, 0.717) is 0 Å². The van der Waals surface area contributed by atoms with Crippen LogP contribution in [0, 0.1) is 0 Å². The average molecular weight is 483 g/mol. The van der Waals surface area contributed by atoms with Gasteiger partial charge in [0, 0.05) is 28.6 Å². The van der Waals surface area contributed by atoms with Crippen LogP contribution in [0.5, 0.6) is 0 Å². The molecule has 8 aromatic rings. The second-order valence-electron chi connectivity index (χ2n) is 9.86. The fourth-order valence-electron chi connectivity index (χ4n) is 5.85. The van der Waals surface area contributed by atoms with Crippen molar-refractivity contribution in [3.8, 4) is 22.3 Å². The summed E-state index contributed by atoms with van der Waals surface area (Å²) >= 11 is 0. The lowest BCUT2D eigenvalue weighted by Gasteiger charge is -2.13. The van der Waals surface area contributed by atoms with Gasteiger partial charge in [0.1, 0.15) is 0 Å². The Morgan fingerprint density at radius 2 is 0.816 bits per heavy atom. The molecular formula is C36H22N2. The fourth-order valence-corrected chi connectivity index (χ4v) is 5.85. The van der Waals surface area contributed by atoms with Crippen molar-refractivity contribution in [2.45, 2.75) is 0 Å². The molecule has 0 atom stereocenters. The summed E-state index contributed by atoms with van der Waals surface area (Å²) in [5, 5.41) is 9.50. The minimum atomic E-state index is 0.988. The van der Waals surface area contributed by atoms with Crippen molar-refractivity contribution < 1.29 is 0 Å². The molecule has 0 unspecified atom stereocenters. The Labute approximate surface area is 219 Å². The normalized spacial score (nSPS) is 11.7. The fraction of sp³-hybridized carbons (Fsp3) is 0. The zero-order valence-corrected chi connectivity index (χ0v) is 20.6. The summed E-state index contributed by atoms with van der Waals surface area (Å²) in [6.45, 7) is 0. The van der Waals surface area contributed by atoms with Gasteiger partial charge in [-0.15, -0.1) is 0 Å². The molecule has 2 heterocycles. The minimum absolute atomic E-state index is 0.988. The van der Waals surface area contributed by atoms with Crippen molar-refractivity contribution in [2.24, 2.45) is 0 Å². The van der Waals surface area contributed by atoms with Crippen LogP contribution in [0.3, 0.4) is 0 Å². The Balaban J connectivity index is 1.39. The third kappa shape index (κ3) is 3.21. The van der Waals surface area contributed by atoms with Gasteiger partial charge in [-0.2, -0.15) is 0 Å². The molecule has 0 saturated heterocycles. The monoisotopic (exact) mass is 482 g/mol. The molecule has 0 amide bonds. The van der Waals surface area contributed by atoms with Crippen molar-refractivity contribution >= 4 is 54.1 Å². The highest BCUT2D eigenvalue weighted by Crippen LogP contribution is 2.38. The van der Waals surface area contributed by atoms with Gasteiger partial charge in [0.2, 0.25) is 0 Å². The molecule has 0 aliphatic heterocycles. The molecule has 0 bridgehead atoms. The number of aromatic nitrogens is 2. The molecule has 0 N–H and O–H groups in total. The Morgan fingerprint density at radius 1 is 0.368 bits per heavy atom. The van der Waals surface area contributed by atoms with Crippen molar-refractivity contribution in [2.75, 3.05) is 0 Å². The number of hydrogen-bond acceptors (Lipinski definition) is 2. The van der Waals surface area contributed by atoms with Gasteiger partial charge < -0.3 is 0 Å². The first-order valence-corrected chi connectivity index (χ1v) is 12.9. The first-order valence-electron chi connectivity index (χ1n) is 12.9. The van der Waals surface area contributed by atoms with Crippen LogP contribution in [0.2, 0.25) is 0 Å². The predicted molar refractivity (Wildman–Crippen MR) is 160 cm³/mol. The highest BCUT2D eigenvalue weighted by Gasteiger charge is 2.14. The van der Waals surface area contributed by atoms with Gasteiger partial charge in [0.25, 0.3) is 0 Å². The van der Waals surface area contributed by atoms with Gasteiger partial charge in [-0.05, 0) is 73.5 Å². The average Bonchev–Trinajstić information content (AvgIpc) is 2.99. The minimum Gasteiger partial charge on any atom is -0.255 e. The molecule has 2 nitrogen and oxygen atoms in total. The van der Waals surface area contributed by atoms with E-state index in [4.69, 9.17) is 9.97 Å². The van der Waals surface area contributed by atoms with Crippen LogP contribution >= 0.6 is 0 Å². The number of benzene rings is 6. The van der Waals surface area contributed by atoms with Crippen LogP contribution < -0.4 is 0 Å². The number of nitrogens with zero attached hydrogens (tertiary/aromatic N) is 2. The molecule has 38 heavy (non-hydrogen) atoms. The second kappa shape index (κ2) is 8.22. The third-order valence-corrected chi connectivity index (χ3v) is 7.72. The lowest BCUT2D eigenvalue weighted by molar-refractivity contribution is 1.41. The van der Waals surface area contributed by atoms with Gasteiger partial charge in [-0.1, -0.05) is 97.1 Å². The molecular weight excluding hydrogens is 460 g/mol. The van der Waals surface area contributed by atoms with Crippen molar-refractivity contribution in [3.63, 3.8) is 0 Å². The van der Waals surface area contributed by atoms with E-state index >= 15 is 0 Å². The molecule has 6 aromatic carbocycles. The number of pyridine rings is 2. The molecule has 0 spiro atoms. The number of fused-ring (bicyclic) bond motifs is 7. The zero-order chi connectivity index (χ0) is 25.1. The van der Waals surface area contributed by atoms with E-state index in [-0.39, 0.29) is 0 Å². The SMILES string of the molecule is c1ccc2cc(-c3ccnc4c3ccc3ccc5c(-c6ccc7ccccc7c6)ccnc5c34)ccc2c1. The Bertz CT molecular complexity index is 2040. The van der Waals surface area contributed by atoms with Gasteiger partial charge in [0.15, 0.2) is 0 Å². The Kier molecular flexibility index (Phi) is 4.55. The quantitative estimate of drug-likeness (QED) is 0.229. The summed E-state index contributed by atoms with van der Waals surface area (Å²) in [7, 11) is 0. The van der Waals surface area contributed by atoms with Gasteiger partial charge in [0.05, 0.1) is 11.0 Å². The zero-order valence-electron chi connectivity index (χ0n) is 20.6. The van der Waals surface area contributed by atoms with E-state index in [0.717, 1.165) is 32.6 Å². The Hall–Kier alpha value is -5.08. The van der Waals surface area contributed by atoms with Crippen molar-refractivity contribution in [1.82, 2.24) is 9.97 Å². The van der Waals surface area contributed by atoms with Gasteiger partial charge in [-0.25, -0.2) is 0 Å². The van der Waals surface area contributed by atoms with Crippen molar-refractivity contribution in [1.29, 1.82) is 0 Å². The topological polar surface area (TPSA) is 25.8 Å². The smallest absolute Gasteiger partial charge is 0.0808 e. The molecule has 2 heteroatoms. The van der Waals surface area contributed by atoms with Gasteiger partial charge in [-0.3, -0.25) is 9.97 Å². The molecule has 8 rings (SSSR count). The lowest BCUT2D eigenvalue weighted by atomic mass is 9.93. The summed E-state index contributed by atoms with van der Waals surface area (Å²) < 4.78 is 0. The molecule has 176 valence electrons. The first-order chi connectivity index (χ1) is 18.8. The summed E-state index contributed by atoms with van der Waals surface area (Å²) in [5.41, 5.74) is 6.74. The summed E-state index contributed by atoms with van der Waals surface area (Å²) in [6.07, 6.45) is 3.86. The predicted octanol–water partition coefficient (Wildman–Crippen LogP) is 9.58. The molecule has 0 saturated carbocycles. The molecule has 0 aliphatic carbocycles. The van der Waals surface area contributed by atoms with Crippen LogP contribution in [0.1, 0.15) is 0 Å². The maximum atomic E-state index is 4.91. The second-order valence-corrected chi connectivity index (χ2v) is 9.86. The highest BCUT2D eigenvalue weighted by atomic mass is 14.7. The number of hydrogen-bond donors (Lipinski definition) is 0. The number of rotatable bonds is 2. The largest absolute Gasteiger partial charge is 0.255 e. The third-order valence-electron chi connectivity index (χ3n) is 7.72. The standard InChI is InChI=1S/C36H22N2/c1-3-7-26-21-28(11-9-23(26)5-1)30-17-19-37-35-32(30)15-13-25-14-16-33-31(18-20-38-36(33)34(25)35)29-12-10-24-6-2-4-8-27(24)22-29/h1-22H. The van der Waals surface area contributed by atoms with Crippen LogP contribution in [0.25, 0.3) is 76.4 Å². The van der Waals surface area contributed by atoms with E-state index in [2.05, 4.69) is 121 Å². The van der Waals surface area contributed by atoms with Crippen LogP contribution in [-0.4, -0.2) is 9.97 Å². The van der Waals surface area contributed by atoms with E-state index < -0.39 is 0 Å². The Morgan fingerprint density at radius 3 is 1.32 bits per heavy atom. The lowest BCUT2D eigenvalue weighted by Crippen LogP contribution is -1.91. The van der Waals surface area contributed by atoms with E-state index in [9.17, 15) is 0 Å². The van der Waals surface area contributed by atoms with Gasteiger partial charge >= 0.3 is 0 Å². The summed E-state index contributed by atoms with van der Waals surface area (Å²) in [6, 6.07) is 43.4. The van der Waals surface area contributed by atoms with E-state index in [1.54, 1.807) is 0 Å². The van der Waals surface area contributed by atoms with E-state index in [1.807, 2.05) is 12.4 Å². The first kappa shape index (κ1) is 21.0. The maximum Gasteiger partial charge on any atom is 0.0808 e. The maximum absolute atomic E-state index is 4.91. The van der Waals surface area contributed by atoms with Crippen LogP contribution in [0.15, 0.2) is 134 Å². The molecule has 0 radical (unpaired) electrons. The molecule has 0 fully saturated rings. The van der Waals surface area contributed by atoms with Crippen LogP contribution in [0.4, 0.5) is 0 Å². The summed E-state index contributed by atoms with van der Waals surface area (Å²) in [4.78, 5) is 9.82. The van der Waals surface area contributed by atoms with Crippen LogP contribution in [-0.2, 0) is 0 Å². The van der Waals surface area contributed by atoms with Crippen molar-refractivity contribution in [3.05, 3.63) is 134 Å². The molecule has 2 aromatic heterocycles. The highest BCUT2D eigenvalue weighted by molar-refractivity contribution is 6.21. The summed E-state index contributed by atoms with van der Waals surface area (Å²) in [5.74, 6) is 0.